The molecule has 0 aromatic carbocycles. The molecular weight excluding hydrogens is 148 g/mol. The predicted octanol–water partition coefficient (Wildman–Crippen LogP) is 1.45. The fraction of sp³-hybridized carbons (Fsp3) is 0.600. The second-order valence-electron chi connectivity index (χ2n) is 3.05. The van der Waals surface area contributed by atoms with Gasteiger partial charge in [0.2, 0.25) is 0 Å². The van der Waals surface area contributed by atoms with Gasteiger partial charge < -0.3 is 11.1 Å². The van der Waals surface area contributed by atoms with Crippen LogP contribution in [-0.4, -0.2) is 19.6 Å². The van der Waals surface area contributed by atoms with Gasteiger partial charge in [0.15, 0.2) is 0 Å². The van der Waals surface area contributed by atoms with Crippen LogP contribution >= 0.6 is 0 Å². The topological polar surface area (TPSA) is 38.0 Å². The van der Waals surface area contributed by atoms with E-state index in [0.717, 1.165) is 0 Å². The Bertz CT molecular complexity index is 180. The van der Waals surface area contributed by atoms with Crippen molar-refractivity contribution in [1.82, 2.24) is 5.32 Å². The van der Waals surface area contributed by atoms with Crippen LogP contribution in [0.2, 0.25) is 0 Å². The van der Waals surface area contributed by atoms with E-state index in [1.54, 1.807) is 0 Å². The van der Waals surface area contributed by atoms with E-state index < -0.39 is 0 Å². The molecule has 0 aliphatic carbocycles. The number of allylic oxidation sites excluding steroid dienone is 2. The predicted molar refractivity (Wildman–Crippen MR) is 55.1 cm³/mol. The maximum Gasteiger partial charge on any atom is 0.0224 e. The molecule has 0 aromatic heterocycles. The molecule has 0 amide bonds. The Hall–Kier alpha value is -0.600. The molecule has 2 heteroatoms. The molecule has 0 radical (unpaired) electrons. The van der Waals surface area contributed by atoms with Crippen LogP contribution in [0.25, 0.3) is 0 Å². The molecule has 0 spiro atoms. The van der Waals surface area contributed by atoms with Crippen LogP contribution in [0.4, 0.5) is 0 Å². The maximum atomic E-state index is 5.41. The monoisotopic (exact) mass is 168 g/mol. The SMILES string of the molecule is CNC(C)/C=C(C)/C(C)=C/CN. The summed E-state index contributed by atoms with van der Waals surface area (Å²) in [5.74, 6) is 0. The molecular formula is C10H20N2. The summed E-state index contributed by atoms with van der Waals surface area (Å²) in [5.41, 5.74) is 7.97. The van der Waals surface area contributed by atoms with Gasteiger partial charge in [-0.1, -0.05) is 23.3 Å². The highest BCUT2D eigenvalue weighted by molar-refractivity contribution is 5.28. The van der Waals surface area contributed by atoms with Crippen molar-refractivity contribution in [1.29, 1.82) is 0 Å². The summed E-state index contributed by atoms with van der Waals surface area (Å²) in [4.78, 5) is 0. The fourth-order valence-electron chi connectivity index (χ4n) is 0.928. The van der Waals surface area contributed by atoms with Crippen molar-refractivity contribution >= 4 is 0 Å². The van der Waals surface area contributed by atoms with Crippen molar-refractivity contribution in [2.24, 2.45) is 5.73 Å². The van der Waals surface area contributed by atoms with Crippen molar-refractivity contribution in [3.05, 3.63) is 23.3 Å². The molecule has 0 saturated carbocycles. The van der Waals surface area contributed by atoms with Gasteiger partial charge in [0.05, 0.1) is 0 Å². The van der Waals surface area contributed by atoms with Gasteiger partial charge in [-0.3, -0.25) is 0 Å². The van der Waals surface area contributed by atoms with Gasteiger partial charge in [0, 0.05) is 12.6 Å². The molecule has 1 atom stereocenters. The Balaban J connectivity index is 4.26. The van der Waals surface area contributed by atoms with Crippen LogP contribution in [0.15, 0.2) is 23.3 Å². The summed E-state index contributed by atoms with van der Waals surface area (Å²) in [6, 6.07) is 0.422. The molecule has 0 saturated heterocycles. The second-order valence-corrected chi connectivity index (χ2v) is 3.05. The first kappa shape index (κ1) is 11.4. The third-order valence-electron chi connectivity index (χ3n) is 2.00. The Morgan fingerprint density at radius 3 is 2.42 bits per heavy atom. The summed E-state index contributed by atoms with van der Waals surface area (Å²) in [6.45, 7) is 6.93. The summed E-state index contributed by atoms with van der Waals surface area (Å²) in [7, 11) is 1.95. The molecule has 12 heavy (non-hydrogen) atoms. The Labute approximate surface area is 75.5 Å². The number of likely N-dealkylation sites (N-methyl/N-ethyl adjacent to an activating group) is 1. The van der Waals surface area contributed by atoms with E-state index >= 15 is 0 Å². The third-order valence-corrected chi connectivity index (χ3v) is 2.00. The zero-order valence-corrected chi connectivity index (χ0v) is 8.52. The third kappa shape index (κ3) is 4.31. The lowest BCUT2D eigenvalue weighted by molar-refractivity contribution is 0.724. The molecule has 70 valence electrons. The minimum atomic E-state index is 0.422. The van der Waals surface area contributed by atoms with E-state index in [9.17, 15) is 0 Å². The highest BCUT2D eigenvalue weighted by Crippen LogP contribution is 2.07. The summed E-state index contributed by atoms with van der Waals surface area (Å²) >= 11 is 0. The van der Waals surface area contributed by atoms with E-state index in [1.807, 2.05) is 13.1 Å². The number of nitrogens with two attached hydrogens (primary N) is 1. The largest absolute Gasteiger partial charge is 0.327 e. The molecule has 0 heterocycles. The first-order valence-corrected chi connectivity index (χ1v) is 4.34. The summed E-state index contributed by atoms with van der Waals surface area (Å²) in [6.07, 6.45) is 4.23. The van der Waals surface area contributed by atoms with Gasteiger partial charge in [0.25, 0.3) is 0 Å². The fourth-order valence-corrected chi connectivity index (χ4v) is 0.928. The van der Waals surface area contributed by atoms with E-state index in [2.05, 4.69) is 32.2 Å². The quantitative estimate of drug-likeness (QED) is 0.623. The van der Waals surface area contributed by atoms with Crippen LogP contribution in [0.5, 0.6) is 0 Å². The molecule has 0 rings (SSSR count). The molecule has 0 bridgehead atoms. The van der Waals surface area contributed by atoms with Crippen LogP contribution < -0.4 is 11.1 Å². The van der Waals surface area contributed by atoms with Crippen molar-refractivity contribution in [2.75, 3.05) is 13.6 Å². The standard InChI is InChI=1S/C10H20N2/c1-8(5-6-11)9(2)7-10(3)12-4/h5,7,10,12H,6,11H2,1-4H3/b8-5+,9-7+. The molecule has 2 nitrogen and oxygen atoms in total. The lowest BCUT2D eigenvalue weighted by Gasteiger charge is -2.07. The van der Waals surface area contributed by atoms with Crippen LogP contribution in [0.3, 0.4) is 0 Å². The average Bonchev–Trinajstić information content (AvgIpc) is 2.04. The zero-order valence-electron chi connectivity index (χ0n) is 8.52. The summed E-state index contributed by atoms with van der Waals surface area (Å²) < 4.78 is 0. The summed E-state index contributed by atoms with van der Waals surface area (Å²) in [5, 5.41) is 3.16. The van der Waals surface area contributed by atoms with Gasteiger partial charge in [-0.05, 0) is 27.8 Å². The second kappa shape index (κ2) is 5.98. The molecule has 0 aromatic rings. The first-order chi connectivity index (χ1) is 5.61. The number of rotatable bonds is 4. The highest BCUT2D eigenvalue weighted by Gasteiger charge is 1.95. The molecule has 3 N–H and O–H groups in total. The van der Waals surface area contributed by atoms with Crippen LogP contribution in [-0.2, 0) is 0 Å². The minimum Gasteiger partial charge on any atom is -0.327 e. The Kier molecular flexibility index (Phi) is 5.68. The Morgan fingerprint density at radius 2 is 2.00 bits per heavy atom. The van der Waals surface area contributed by atoms with E-state index in [-0.39, 0.29) is 0 Å². The highest BCUT2D eigenvalue weighted by atomic mass is 14.8. The van der Waals surface area contributed by atoms with Crippen LogP contribution in [0.1, 0.15) is 20.8 Å². The minimum absolute atomic E-state index is 0.422. The number of hydrogen-bond acceptors (Lipinski definition) is 2. The number of nitrogens with one attached hydrogen (secondary N) is 1. The molecule has 0 fully saturated rings. The molecule has 0 aliphatic rings. The lowest BCUT2D eigenvalue weighted by Crippen LogP contribution is -2.18. The smallest absolute Gasteiger partial charge is 0.0224 e. The van der Waals surface area contributed by atoms with Crippen molar-refractivity contribution in [3.63, 3.8) is 0 Å². The Morgan fingerprint density at radius 1 is 1.42 bits per heavy atom. The molecule has 1 unspecified atom stereocenters. The van der Waals surface area contributed by atoms with Gasteiger partial charge in [-0.15, -0.1) is 0 Å². The van der Waals surface area contributed by atoms with Crippen molar-refractivity contribution < 1.29 is 0 Å². The van der Waals surface area contributed by atoms with E-state index in [0.29, 0.717) is 12.6 Å². The van der Waals surface area contributed by atoms with Gasteiger partial charge in [-0.25, -0.2) is 0 Å². The van der Waals surface area contributed by atoms with E-state index in [4.69, 9.17) is 5.73 Å². The van der Waals surface area contributed by atoms with Gasteiger partial charge in [-0.2, -0.15) is 0 Å². The molecule has 0 aliphatic heterocycles. The van der Waals surface area contributed by atoms with Gasteiger partial charge in [0.1, 0.15) is 0 Å². The van der Waals surface area contributed by atoms with Gasteiger partial charge >= 0.3 is 0 Å². The number of hydrogen-bond donors (Lipinski definition) is 2. The van der Waals surface area contributed by atoms with Crippen molar-refractivity contribution in [2.45, 2.75) is 26.8 Å². The maximum absolute atomic E-state index is 5.41. The van der Waals surface area contributed by atoms with Crippen molar-refractivity contribution in [3.8, 4) is 0 Å². The average molecular weight is 168 g/mol. The van der Waals surface area contributed by atoms with Crippen LogP contribution in [0, 0.1) is 0 Å². The first-order valence-electron chi connectivity index (χ1n) is 4.34. The normalized spacial score (nSPS) is 16.4. The zero-order chi connectivity index (χ0) is 9.56. The lowest BCUT2D eigenvalue weighted by atomic mass is 10.1. The van der Waals surface area contributed by atoms with E-state index in [1.165, 1.54) is 11.1 Å².